The van der Waals surface area contributed by atoms with Crippen LogP contribution in [0, 0.1) is 29.1 Å². The molecule has 20 heavy (non-hydrogen) atoms. The van der Waals surface area contributed by atoms with Gasteiger partial charge in [0.15, 0.2) is 0 Å². The summed E-state index contributed by atoms with van der Waals surface area (Å²) in [5.74, 6) is 3.84. The second-order valence-electron chi connectivity index (χ2n) is 8.87. The highest BCUT2D eigenvalue weighted by Gasteiger charge is 2.56. The van der Waals surface area contributed by atoms with E-state index in [1.54, 1.807) is 0 Å². The number of nitrogens with one attached hydrogen (secondary N) is 1. The Morgan fingerprint density at radius 2 is 1.30 bits per heavy atom. The fourth-order valence-corrected chi connectivity index (χ4v) is 7.12. The lowest BCUT2D eigenvalue weighted by Crippen LogP contribution is -2.53. The van der Waals surface area contributed by atoms with Crippen LogP contribution in [0.1, 0.15) is 64.2 Å². The Balaban J connectivity index is 1.40. The molecule has 2 aliphatic heterocycles. The van der Waals surface area contributed by atoms with Gasteiger partial charge in [0.05, 0.1) is 0 Å². The summed E-state index contributed by atoms with van der Waals surface area (Å²) in [7, 11) is 0. The lowest BCUT2D eigenvalue weighted by Gasteiger charge is -2.57. The fourth-order valence-electron chi connectivity index (χ4n) is 7.12. The summed E-state index contributed by atoms with van der Waals surface area (Å²) in [6, 6.07) is 1.33. The first kappa shape index (κ1) is 12.2. The summed E-state index contributed by atoms with van der Waals surface area (Å²) < 4.78 is 0. The normalized spacial score (nSPS) is 56.2. The van der Waals surface area contributed by atoms with E-state index in [0.29, 0.717) is 18.0 Å². The van der Waals surface area contributed by atoms with E-state index in [1.165, 1.54) is 51.4 Å². The molecule has 110 valence electrons. The molecule has 0 aromatic rings. The van der Waals surface area contributed by atoms with Crippen molar-refractivity contribution in [1.29, 1.82) is 0 Å². The molecule has 0 aromatic carbocycles. The van der Waals surface area contributed by atoms with Gasteiger partial charge in [-0.15, -0.1) is 0 Å². The van der Waals surface area contributed by atoms with Gasteiger partial charge in [-0.1, -0.05) is 0 Å². The van der Waals surface area contributed by atoms with Crippen LogP contribution in [0.3, 0.4) is 0 Å². The van der Waals surface area contributed by atoms with E-state index in [9.17, 15) is 4.79 Å². The van der Waals surface area contributed by atoms with Crippen LogP contribution >= 0.6 is 0 Å². The first-order valence-corrected chi connectivity index (χ1v) is 9.00. The lowest BCUT2D eigenvalue weighted by atomic mass is 9.47. The zero-order valence-corrected chi connectivity index (χ0v) is 12.4. The van der Waals surface area contributed by atoms with Crippen molar-refractivity contribution in [3.8, 4) is 0 Å². The Hall–Kier alpha value is -0.370. The molecule has 0 amide bonds. The molecule has 6 aliphatic rings. The predicted molar refractivity (Wildman–Crippen MR) is 78.3 cm³/mol. The standard InChI is InChI=1S/C18H27NO/c20-17(14-6-15-1-2-16(7-14)19-15)18-8-11-3-12(9-18)5-13(4-11)10-18/h11-16,19H,1-10H2. The quantitative estimate of drug-likeness (QED) is 0.836. The van der Waals surface area contributed by atoms with Gasteiger partial charge in [-0.25, -0.2) is 0 Å². The van der Waals surface area contributed by atoms with Gasteiger partial charge in [-0.05, 0) is 82.0 Å². The molecule has 2 heterocycles. The first-order chi connectivity index (χ1) is 9.70. The third-order valence-corrected chi connectivity index (χ3v) is 7.40. The Labute approximate surface area is 122 Å². The highest BCUT2D eigenvalue weighted by Crippen LogP contribution is 2.61. The van der Waals surface area contributed by atoms with Crippen LogP contribution in [-0.4, -0.2) is 17.9 Å². The highest BCUT2D eigenvalue weighted by molar-refractivity contribution is 5.87. The van der Waals surface area contributed by atoms with Crippen molar-refractivity contribution < 1.29 is 4.79 Å². The summed E-state index contributed by atoms with van der Waals surface area (Å²) in [6.07, 6.45) is 13.1. The van der Waals surface area contributed by atoms with Gasteiger partial charge >= 0.3 is 0 Å². The molecular formula is C18H27NO. The third-order valence-electron chi connectivity index (χ3n) is 7.40. The SMILES string of the molecule is O=C(C1CC2CCC(C1)N2)C12CC3CC(CC(C3)C1)C2. The highest BCUT2D eigenvalue weighted by atomic mass is 16.1. The molecule has 1 N–H and O–H groups in total. The summed E-state index contributed by atoms with van der Waals surface area (Å²) in [5, 5.41) is 3.70. The van der Waals surface area contributed by atoms with E-state index < -0.39 is 0 Å². The molecule has 4 aliphatic carbocycles. The minimum Gasteiger partial charge on any atom is -0.311 e. The number of hydrogen-bond donors (Lipinski definition) is 1. The summed E-state index contributed by atoms with van der Waals surface area (Å²) >= 11 is 0. The number of ketones is 1. The zero-order valence-electron chi connectivity index (χ0n) is 12.4. The maximum absolute atomic E-state index is 13.3. The van der Waals surface area contributed by atoms with Gasteiger partial charge in [0.25, 0.3) is 0 Å². The largest absolute Gasteiger partial charge is 0.311 e. The molecule has 0 radical (unpaired) electrons. The first-order valence-electron chi connectivity index (χ1n) is 9.00. The molecular weight excluding hydrogens is 246 g/mol. The van der Waals surface area contributed by atoms with Gasteiger partial charge in [0.2, 0.25) is 0 Å². The van der Waals surface area contributed by atoms with Gasteiger partial charge in [-0.3, -0.25) is 4.79 Å². The molecule has 2 heteroatoms. The summed E-state index contributed by atoms with van der Waals surface area (Å²) in [5.41, 5.74) is 0.149. The molecule has 2 atom stereocenters. The summed E-state index contributed by atoms with van der Waals surface area (Å²) in [4.78, 5) is 13.3. The van der Waals surface area contributed by atoms with Crippen LogP contribution < -0.4 is 5.32 Å². The number of piperidine rings is 1. The van der Waals surface area contributed by atoms with Crippen molar-refractivity contribution in [2.24, 2.45) is 29.1 Å². The van der Waals surface area contributed by atoms with E-state index in [2.05, 4.69) is 5.32 Å². The smallest absolute Gasteiger partial charge is 0.142 e. The predicted octanol–water partition coefficient (Wildman–Crippen LogP) is 3.30. The molecule has 2 unspecified atom stereocenters. The van der Waals surface area contributed by atoms with Crippen LogP contribution in [0.15, 0.2) is 0 Å². The van der Waals surface area contributed by atoms with Crippen molar-refractivity contribution in [2.45, 2.75) is 76.3 Å². The zero-order chi connectivity index (χ0) is 13.3. The van der Waals surface area contributed by atoms with Crippen LogP contribution in [0.4, 0.5) is 0 Å². The Morgan fingerprint density at radius 1 is 0.800 bits per heavy atom. The lowest BCUT2D eigenvalue weighted by molar-refractivity contribution is -0.149. The van der Waals surface area contributed by atoms with Crippen molar-refractivity contribution in [3.63, 3.8) is 0 Å². The fraction of sp³-hybridized carbons (Fsp3) is 0.944. The average molecular weight is 273 g/mol. The van der Waals surface area contributed by atoms with E-state index >= 15 is 0 Å². The third kappa shape index (κ3) is 1.70. The van der Waals surface area contributed by atoms with E-state index in [4.69, 9.17) is 0 Å². The molecule has 0 spiro atoms. The Bertz CT molecular complexity index is 395. The van der Waals surface area contributed by atoms with Crippen molar-refractivity contribution in [2.75, 3.05) is 0 Å². The number of rotatable bonds is 2. The van der Waals surface area contributed by atoms with Crippen molar-refractivity contribution in [1.82, 2.24) is 5.32 Å². The van der Waals surface area contributed by atoms with E-state index in [0.717, 1.165) is 36.4 Å². The minimum atomic E-state index is 0.149. The average Bonchev–Trinajstić information content (AvgIpc) is 2.75. The monoisotopic (exact) mass is 273 g/mol. The van der Waals surface area contributed by atoms with Crippen LogP contribution in [0.25, 0.3) is 0 Å². The van der Waals surface area contributed by atoms with Crippen LogP contribution in [-0.2, 0) is 4.79 Å². The molecule has 2 saturated heterocycles. The molecule has 4 saturated carbocycles. The molecule has 6 rings (SSSR count). The van der Waals surface area contributed by atoms with E-state index in [-0.39, 0.29) is 5.41 Å². The minimum absolute atomic E-state index is 0.149. The molecule has 6 bridgehead atoms. The second-order valence-corrected chi connectivity index (χ2v) is 8.87. The van der Waals surface area contributed by atoms with Gasteiger partial charge in [0.1, 0.15) is 5.78 Å². The summed E-state index contributed by atoms with van der Waals surface area (Å²) in [6.45, 7) is 0. The van der Waals surface area contributed by atoms with E-state index in [1.807, 2.05) is 0 Å². The van der Waals surface area contributed by atoms with Crippen LogP contribution in [0.5, 0.6) is 0 Å². The topological polar surface area (TPSA) is 29.1 Å². The van der Waals surface area contributed by atoms with Crippen molar-refractivity contribution in [3.05, 3.63) is 0 Å². The number of carbonyl (C=O) groups is 1. The maximum atomic E-state index is 13.3. The van der Waals surface area contributed by atoms with Gasteiger partial charge in [-0.2, -0.15) is 0 Å². The van der Waals surface area contributed by atoms with Gasteiger partial charge in [0, 0.05) is 23.4 Å². The Kier molecular flexibility index (Phi) is 2.49. The van der Waals surface area contributed by atoms with Crippen molar-refractivity contribution >= 4 is 5.78 Å². The molecule has 6 fully saturated rings. The van der Waals surface area contributed by atoms with Crippen LogP contribution in [0.2, 0.25) is 0 Å². The Morgan fingerprint density at radius 3 is 1.80 bits per heavy atom. The number of Topliss-reactive ketones (excluding diaryl/α,β-unsaturated/α-hetero) is 1. The number of hydrogen-bond acceptors (Lipinski definition) is 2. The maximum Gasteiger partial charge on any atom is 0.142 e. The number of carbonyl (C=O) groups excluding carboxylic acids is 1. The van der Waals surface area contributed by atoms with Gasteiger partial charge < -0.3 is 5.32 Å². The number of fused-ring (bicyclic) bond motifs is 2. The molecule has 0 aromatic heterocycles. The second kappa shape index (κ2) is 4.09. The molecule has 2 nitrogen and oxygen atoms in total.